The van der Waals surface area contributed by atoms with Crippen LogP contribution in [0.5, 0.6) is 0 Å². The summed E-state index contributed by atoms with van der Waals surface area (Å²) in [4.78, 5) is 32.8. The van der Waals surface area contributed by atoms with Crippen LogP contribution in [0.2, 0.25) is 0 Å². The van der Waals surface area contributed by atoms with Crippen LogP contribution in [0, 0.1) is 0 Å². The normalized spacial score (nSPS) is 23.0. The van der Waals surface area contributed by atoms with E-state index in [-0.39, 0.29) is 30.2 Å². The monoisotopic (exact) mass is 354 g/mol. The first-order valence-electron chi connectivity index (χ1n) is 8.88. The number of carbonyl (C=O) groups excluding carboxylic acids is 1. The molecule has 0 saturated carbocycles. The molecule has 0 N–H and O–H groups in total. The third-order valence-electron chi connectivity index (χ3n) is 5.08. The number of aromatic nitrogens is 2. The summed E-state index contributed by atoms with van der Waals surface area (Å²) >= 11 is 0. The van der Waals surface area contributed by atoms with Crippen molar-refractivity contribution in [2.75, 3.05) is 26.2 Å². The summed E-state index contributed by atoms with van der Waals surface area (Å²) in [7, 11) is 0. The van der Waals surface area contributed by atoms with E-state index < -0.39 is 0 Å². The molecule has 1 amide bonds. The maximum atomic E-state index is 12.7. The third-order valence-corrected chi connectivity index (χ3v) is 5.08. The van der Waals surface area contributed by atoms with Crippen LogP contribution in [0.1, 0.15) is 5.56 Å². The van der Waals surface area contributed by atoms with Gasteiger partial charge in [0.05, 0.1) is 18.8 Å². The van der Waals surface area contributed by atoms with E-state index in [1.165, 1.54) is 10.6 Å². The topological polar surface area (TPSA) is 67.7 Å². The summed E-state index contributed by atoms with van der Waals surface area (Å²) in [5.41, 5.74) is 1.00. The minimum absolute atomic E-state index is 0.0249. The maximum Gasteiger partial charge on any atom is 0.250 e. The second-order valence-electron chi connectivity index (χ2n) is 6.77. The minimum Gasteiger partial charge on any atom is -0.373 e. The van der Waals surface area contributed by atoms with Crippen molar-refractivity contribution < 1.29 is 9.53 Å². The summed E-state index contributed by atoms with van der Waals surface area (Å²) in [5, 5.41) is 0. The number of pyridine rings is 2. The fraction of sp³-hybridized carbons (Fsp3) is 0.421. The van der Waals surface area contributed by atoms with Crippen molar-refractivity contribution in [2.24, 2.45) is 0 Å². The number of ether oxygens (including phenoxy) is 1. The number of rotatable bonds is 4. The lowest BCUT2D eigenvalue weighted by Crippen LogP contribution is -2.50. The summed E-state index contributed by atoms with van der Waals surface area (Å²) in [5.74, 6) is -0.0439. The molecule has 2 aromatic heterocycles. The highest BCUT2D eigenvalue weighted by Crippen LogP contribution is 2.24. The zero-order valence-electron chi connectivity index (χ0n) is 14.5. The molecule has 0 aromatic carbocycles. The molecule has 2 aromatic rings. The summed E-state index contributed by atoms with van der Waals surface area (Å²) < 4.78 is 7.35. The van der Waals surface area contributed by atoms with E-state index in [1.807, 2.05) is 17.2 Å². The lowest BCUT2D eigenvalue weighted by atomic mass is 10.1. The van der Waals surface area contributed by atoms with E-state index >= 15 is 0 Å². The van der Waals surface area contributed by atoms with E-state index in [4.69, 9.17) is 4.74 Å². The predicted octanol–water partition coefficient (Wildman–Crippen LogP) is 0.355. The van der Waals surface area contributed by atoms with Gasteiger partial charge in [-0.15, -0.1) is 0 Å². The molecule has 136 valence electrons. The molecule has 0 radical (unpaired) electrons. The molecule has 0 aliphatic carbocycles. The van der Waals surface area contributed by atoms with Crippen LogP contribution >= 0.6 is 0 Å². The van der Waals surface area contributed by atoms with Crippen molar-refractivity contribution in [3.8, 4) is 0 Å². The van der Waals surface area contributed by atoms with Crippen LogP contribution in [0.3, 0.4) is 0 Å². The average molecular weight is 354 g/mol. The van der Waals surface area contributed by atoms with Crippen LogP contribution in [0.15, 0.2) is 53.7 Å². The molecule has 7 heteroatoms. The maximum absolute atomic E-state index is 12.7. The lowest BCUT2D eigenvalue weighted by Gasteiger charge is -2.36. The van der Waals surface area contributed by atoms with E-state index in [2.05, 4.69) is 16.0 Å². The molecule has 0 spiro atoms. The first kappa shape index (κ1) is 16.9. The van der Waals surface area contributed by atoms with Gasteiger partial charge in [0.1, 0.15) is 6.54 Å². The fourth-order valence-electron chi connectivity index (χ4n) is 3.72. The minimum atomic E-state index is -0.160. The van der Waals surface area contributed by atoms with Gasteiger partial charge in [-0.25, -0.2) is 0 Å². The first-order valence-corrected chi connectivity index (χ1v) is 8.88. The van der Waals surface area contributed by atoms with Crippen LogP contribution in [-0.2, 0) is 22.6 Å². The van der Waals surface area contributed by atoms with Gasteiger partial charge in [0.25, 0.3) is 5.56 Å². The van der Waals surface area contributed by atoms with Gasteiger partial charge in [-0.05, 0) is 17.7 Å². The van der Waals surface area contributed by atoms with E-state index in [0.717, 1.165) is 18.7 Å². The zero-order valence-corrected chi connectivity index (χ0v) is 14.5. The van der Waals surface area contributed by atoms with Crippen LogP contribution in [0.25, 0.3) is 0 Å². The SMILES string of the molecule is O=C(Cn1ccccc1=O)N1C[C@@H]2OCCN(Cc3cccnc3)[C@@H]2C1. The molecule has 0 bridgehead atoms. The van der Waals surface area contributed by atoms with Gasteiger partial charge in [-0.1, -0.05) is 12.1 Å². The standard InChI is InChI=1S/C19H22N4O3/c24-18-5-1-2-7-22(18)14-19(25)23-12-16-17(13-23)26-9-8-21(16)11-15-4-3-6-20-10-15/h1-7,10,16-17H,8-9,11-14H2/t16-,17+/m1/s1. The van der Waals surface area contributed by atoms with E-state index in [9.17, 15) is 9.59 Å². The van der Waals surface area contributed by atoms with Crippen molar-refractivity contribution in [2.45, 2.75) is 25.2 Å². The summed E-state index contributed by atoms with van der Waals surface area (Å²) in [6.45, 7) is 3.60. The zero-order chi connectivity index (χ0) is 17.9. The second kappa shape index (κ2) is 7.39. The van der Waals surface area contributed by atoms with E-state index in [0.29, 0.717) is 19.7 Å². The number of morpholine rings is 1. The van der Waals surface area contributed by atoms with Crippen LogP contribution in [0.4, 0.5) is 0 Å². The Morgan fingerprint density at radius 3 is 2.96 bits per heavy atom. The van der Waals surface area contributed by atoms with Gasteiger partial charge in [0.2, 0.25) is 5.91 Å². The number of hydrogen-bond acceptors (Lipinski definition) is 5. The van der Waals surface area contributed by atoms with Gasteiger partial charge >= 0.3 is 0 Å². The van der Waals surface area contributed by atoms with Crippen LogP contribution in [-0.4, -0.2) is 63.6 Å². The number of fused-ring (bicyclic) bond motifs is 1. The number of hydrogen-bond donors (Lipinski definition) is 0. The molecule has 2 aliphatic rings. The highest BCUT2D eigenvalue weighted by molar-refractivity contribution is 5.76. The number of amides is 1. The van der Waals surface area contributed by atoms with Crippen molar-refractivity contribution in [3.63, 3.8) is 0 Å². The Labute approximate surface area is 151 Å². The molecule has 4 heterocycles. The lowest BCUT2D eigenvalue weighted by molar-refractivity contribution is -0.131. The number of nitrogens with zero attached hydrogens (tertiary/aromatic N) is 4. The molecular weight excluding hydrogens is 332 g/mol. The Kier molecular flexibility index (Phi) is 4.81. The molecule has 4 rings (SSSR count). The van der Waals surface area contributed by atoms with Gasteiger partial charge in [0.15, 0.2) is 0 Å². The first-order chi connectivity index (χ1) is 12.7. The Bertz CT molecular complexity index is 823. The Hall–Kier alpha value is -2.51. The molecule has 0 unspecified atom stereocenters. The number of likely N-dealkylation sites (tertiary alicyclic amines) is 1. The van der Waals surface area contributed by atoms with Crippen molar-refractivity contribution in [1.29, 1.82) is 0 Å². The molecule has 2 aliphatic heterocycles. The Morgan fingerprint density at radius 1 is 1.23 bits per heavy atom. The average Bonchev–Trinajstić information content (AvgIpc) is 3.10. The Balaban J connectivity index is 1.43. The highest BCUT2D eigenvalue weighted by atomic mass is 16.5. The molecule has 2 atom stereocenters. The van der Waals surface area contributed by atoms with Gasteiger partial charge in [0, 0.05) is 50.8 Å². The molecule has 2 saturated heterocycles. The Morgan fingerprint density at radius 2 is 2.15 bits per heavy atom. The van der Waals surface area contributed by atoms with Crippen molar-refractivity contribution in [1.82, 2.24) is 19.4 Å². The quantitative estimate of drug-likeness (QED) is 0.793. The van der Waals surface area contributed by atoms with Gasteiger partial charge < -0.3 is 14.2 Å². The molecule has 2 fully saturated rings. The van der Waals surface area contributed by atoms with E-state index in [1.54, 1.807) is 24.5 Å². The smallest absolute Gasteiger partial charge is 0.250 e. The molecule has 26 heavy (non-hydrogen) atoms. The largest absolute Gasteiger partial charge is 0.373 e. The summed E-state index contributed by atoms with van der Waals surface area (Å²) in [6, 6.07) is 9.09. The molecule has 7 nitrogen and oxygen atoms in total. The van der Waals surface area contributed by atoms with Crippen molar-refractivity contribution >= 4 is 5.91 Å². The number of carbonyl (C=O) groups is 1. The van der Waals surface area contributed by atoms with Gasteiger partial charge in [-0.2, -0.15) is 0 Å². The third kappa shape index (κ3) is 3.54. The van der Waals surface area contributed by atoms with Crippen LogP contribution < -0.4 is 5.56 Å². The highest BCUT2D eigenvalue weighted by Gasteiger charge is 2.41. The second-order valence-corrected chi connectivity index (χ2v) is 6.77. The van der Waals surface area contributed by atoms with Crippen molar-refractivity contribution in [3.05, 3.63) is 64.8 Å². The fourth-order valence-corrected chi connectivity index (χ4v) is 3.72. The molecular formula is C19H22N4O3. The predicted molar refractivity (Wildman–Crippen MR) is 95.5 cm³/mol. The summed E-state index contributed by atoms with van der Waals surface area (Å²) in [6.07, 6.45) is 5.32. The van der Waals surface area contributed by atoms with Gasteiger partial charge in [-0.3, -0.25) is 19.5 Å².